The molecule has 2 aromatic rings. The summed E-state index contributed by atoms with van der Waals surface area (Å²) in [5, 5.41) is 0. The van der Waals surface area contributed by atoms with Gasteiger partial charge in [-0.05, 0) is 42.3 Å². The predicted octanol–water partition coefficient (Wildman–Crippen LogP) is 5.13. The van der Waals surface area contributed by atoms with E-state index in [0.29, 0.717) is 18.8 Å². The molecule has 0 aliphatic carbocycles. The zero-order valence-electron chi connectivity index (χ0n) is 15.3. The van der Waals surface area contributed by atoms with Gasteiger partial charge < -0.3 is 9.64 Å². The Hall–Kier alpha value is -2.43. The van der Waals surface area contributed by atoms with E-state index >= 15 is 0 Å². The van der Waals surface area contributed by atoms with Gasteiger partial charge in [0, 0.05) is 37.1 Å². The average Bonchev–Trinajstić information content (AvgIpc) is 2.60. The minimum absolute atomic E-state index is 0.0220. The number of carbonyl (C=O) groups is 1. The number of nitrogens with zero attached hydrogens (tertiary/aromatic N) is 1. The number of hydrogen-bond acceptors (Lipinski definition) is 2. The van der Waals surface area contributed by atoms with E-state index < -0.39 is 5.92 Å². The first kappa shape index (κ1) is 18.4. The van der Waals surface area contributed by atoms with Crippen LogP contribution in [0.5, 0.6) is 11.5 Å². The van der Waals surface area contributed by atoms with Gasteiger partial charge in [-0.15, -0.1) is 0 Å². The molecule has 5 heteroatoms. The van der Waals surface area contributed by atoms with Crippen molar-refractivity contribution in [2.24, 2.45) is 5.92 Å². The van der Waals surface area contributed by atoms with E-state index in [2.05, 4.69) is 0 Å². The van der Waals surface area contributed by atoms with Crippen molar-refractivity contribution >= 4 is 5.91 Å². The van der Waals surface area contributed by atoms with Crippen LogP contribution in [0.1, 0.15) is 37.5 Å². The molecule has 1 aliphatic rings. The second kappa shape index (κ2) is 7.06. The molecular formula is C21H23F2NO2. The summed E-state index contributed by atoms with van der Waals surface area (Å²) in [6.45, 7) is 5.91. The van der Waals surface area contributed by atoms with Crippen LogP contribution in [0, 0.1) is 5.92 Å². The van der Waals surface area contributed by atoms with E-state index in [9.17, 15) is 13.6 Å². The first-order valence-corrected chi connectivity index (χ1v) is 8.81. The summed E-state index contributed by atoms with van der Waals surface area (Å²) in [6.07, 6.45) is 0.717. The van der Waals surface area contributed by atoms with Crippen LogP contribution in [0.4, 0.5) is 8.78 Å². The summed E-state index contributed by atoms with van der Waals surface area (Å²) >= 11 is 0. The normalized spacial score (nSPS) is 14.3. The molecule has 138 valence electrons. The Morgan fingerprint density at radius 2 is 1.85 bits per heavy atom. The number of amides is 1. The van der Waals surface area contributed by atoms with Gasteiger partial charge in [-0.25, -0.2) is 8.78 Å². The maximum atomic E-state index is 13.3. The number of hydrogen-bond donors (Lipinski definition) is 0. The second-order valence-electron chi connectivity index (χ2n) is 7.07. The molecule has 0 N–H and O–H groups in total. The zero-order valence-corrected chi connectivity index (χ0v) is 15.3. The number of alkyl halides is 2. The molecule has 1 aliphatic heterocycles. The summed E-state index contributed by atoms with van der Waals surface area (Å²) in [7, 11) is 0. The van der Waals surface area contributed by atoms with Gasteiger partial charge in [-0.1, -0.05) is 26.0 Å². The van der Waals surface area contributed by atoms with Crippen LogP contribution in [0.15, 0.2) is 42.5 Å². The highest BCUT2D eigenvalue weighted by Crippen LogP contribution is 2.33. The molecule has 3 rings (SSSR count). The van der Waals surface area contributed by atoms with Crippen LogP contribution >= 0.6 is 0 Å². The average molecular weight is 359 g/mol. The second-order valence-corrected chi connectivity index (χ2v) is 7.07. The van der Waals surface area contributed by atoms with Gasteiger partial charge in [0.1, 0.15) is 11.5 Å². The SMILES string of the molecule is CC(C)C(=O)N1CCc2c(cccc2Oc2ccc(C(C)(F)F)cc2)C1. The fourth-order valence-electron chi connectivity index (χ4n) is 3.17. The van der Waals surface area contributed by atoms with E-state index in [-0.39, 0.29) is 17.4 Å². The Bertz CT molecular complexity index is 795. The van der Waals surface area contributed by atoms with Gasteiger partial charge in [0.2, 0.25) is 5.91 Å². The summed E-state index contributed by atoms with van der Waals surface area (Å²) < 4.78 is 32.6. The van der Waals surface area contributed by atoms with Gasteiger partial charge in [0.05, 0.1) is 0 Å². The third-order valence-electron chi connectivity index (χ3n) is 4.62. The molecule has 1 heterocycles. The molecule has 0 bridgehead atoms. The molecule has 0 aromatic heterocycles. The van der Waals surface area contributed by atoms with Gasteiger partial charge in [0.15, 0.2) is 0 Å². The van der Waals surface area contributed by atoms with Crippen molar-refractivity contribution < 1.29 is 18.3 Å². The Balaban J connectivity index is 1.79. The highest BCUT2D eigenvalue weighted by atomic mass is 19.3. The van der Waals surface area contributed by atoms with Crippen LogP contribution in [0.25, 0.3) is 0 Å². The maximum absolute atomic E-state index is 13.3. The van der Waals surface area contributed by atoms with Gasteiger partial charge in [0.25, 0.3) is 5.92 Å². The first-order chi connectivity index (χ1) is 12.3. The van der Waals surface area contributed by atoms with Crippen LogP contribution in [-0.4, -0.2) is 17.4 Å². The monoisotopic (exact) mass is 359 g/mol. The number of rotatable bonds is 4. The lowest BCUT2D eigenvalue weighted by Crippen LogP contribution is -2.38. The van der Waals surface area contributed by atoms with E-state index in [1.54, 1.807) is 12.1 Å². The number of halogens is 2. The minimum Gasteiger partial charge on any atom is -0.457 e. The highest BCUT2D eigenvalue weighted by Gasteiger charge is 2.25. The third-order valence-corrected chi connectivity index (χ3v) is 4.62. The zero-order chi connectivity index (χ0) is 18.9. The molecule has 1 amide bonds. The van der Waals surface area contributed by atoms with E-state index in [4.69, 9.17) is 4.74 Å². The molecule has 0 unspecified atom stereocenters. The molecule has 0 saturated heterocycles. The molecule has 3 nitrogen and oxygen atoms in total. The summed E-state index contributed by atoms with van der Waals surface area (Å²) in [4.78, 5) is 14.1. The fourth-order valence-corrected chi connectivity index (χ4v) is 3.17. The van der Waals surface area contributed by atoms with Gasteiger partial charge >= 0.3 is 0 Å². The summed E-state index contributed by atoms with van der Waals surface area (Å²) in [5.74, 6) is -1.50. The maximum Gasteiger partial charge on any atom is 0.270 e. The van der Waals surface area contributed by atoms with Crippen LogP contribution in [-0.2, 0) is 23.7 Å². The Kier molecular flexibility index (Phi) is 4.99. The lowest BCUT2D eigenvalue weighted by atomic mass is 9.97. The molecule has 2 aromatic carbocycles. The van der Waals surface area contributed by atoms with Crippen molar-refractivity contribution in [1.82, 2.24) is 4.90 Å². The Morgan fingerprint density at radius 3 is 2.46 bits per heavy atom. The predicted molar refractivity (Wildman–Crippen MR) is 96.5 cm³/mol. The number of benzene rings is 2. The molecule has 0 radical (unpaired) electrons. The Morgan fingerprint density at radius 1 is 1.15 bits per heavy atom. The molecule has 0 spiro atoms. The van der Waals surface area contributed by atoms with Crippen molar-refractivity contribution in [3.63, 3.8) is 0 Å². The third kappa shape index (κ3) is 3.87. The number of ether oxygens (including phenoxy) is 1. The van der Waals surface area contributed by atoms with Gasteiger partial charge in [-0.2, -0.15) is 0 Å². The van der Waals surface area contributed by atoms with Crippen LogP contribution in [0.2, 0.25) is 0 Å². The molecule has 26 heavy (non-hydrogen) atoms. The lowest BCUT2D eigenvalue weighted by Gasteiger charge is -2.31. The molecule has 0 saturated carbocycles. The van der Waals surface area contributed by atoms with Crippen molar-refractivity contribution in [2.75, 3.05) is 6.54 Å². The van der Waals surface area contributed by atoms with E-state index in [1.165, 1.54) is 12.1 Å². The fraction of sp³-hybridized carbons (Fsp3) is 0.381. The minimum atomic E-state index is -2.86. The van der Waals surface area contributed by atoms with Crippen LogP contribution < -0.4 is 4.74 Å². The van der Waals surface area contributed by atoms with Crippen molar-refractivity contribution in [3.05, 3.63) is 59.2 Å². The van der Waals surface area contributed by atoms with Crippen LogP contribution in [0.3, 0.4) is 0 Å². The van der Waals surface area contributed by atoms with Crippen molar-refractivity contribution in [2.45, 2.75) is 39.7 Å². The number of carbonyl (C=O) groups excluding carboxylic acids is 1. The Labute approximate surface area is 152 Å². The largest absolute Gasteiger partial charge is 0.457 e. The van der Waals surface area contributed by atoms with E-state index in [1.807, 2.05) is 36.9 Å². The molecular weight excluding hydrogens is 336 g/mol. The van der Waals surface area contributed by atoms with E-state index in [0.717, 1.165) is 30.2 Å². The smallest absolute Gasteiger partial charge is 0.270 e. The van der Waals surface area contributed by atoms with Crippen molar-refractivity contribution in [1.29, 1.82) is 0 Å². The summed E-state index contributed by atoms with van der Waals surface area (Å²) in [5.41, 5.74) is 2.10. The topological polar surface area (TPSA) is 29.5 Å². The standard InChI is InChI=1S/C21H23F2NO2/c1-14(2)20(25)24-12-11-18-15(13-24)5-4-6-19(18)26-17-9-7-16(8-10-17)21(3,22)23/h4-10,14H,11-13H2,1-3H3. The summed E-state index contributed by atoms with van der Waals surface area (Å²) in [6, 6.07) is 11.7. The lowest BCUT2D eigenvalue weighted by molar-refractivity contribution is -0.135. The molecule has 0 fully saturated rings. The molecule has 0 atom stereocenters. The number of fused-ring (bicyclic) bond motifs is 1. The van der Waals surface area contributed by atoms with Crippen molar-refractivity contribution in [3.8, 4) is 11.5 Å². The quantitative estimate of drug-likeness (QED) is 0.757. The highest BCUT2D eigenvalue weighted by molar-refractivity contribution is 5.78. The first-order valence-electron chi connectivity index (χ1n) is 8.81. The van der Waals surface area contributed by atoms with Gasteiger partial charge in [-0.3, -0.25) is 4.79 Å².